The lowest BCUT2D eigenvalue weighted by Crippen LogP contribution is -2.48. The second-order valence-electron chi connectivity index (χ2n) is 7.49. The maximum atomic E-state index is 12.1. The summed E-state index contributed by atoms with van der Waals surface area (Å²) in [5.41, 5.74) is 1.89. The number of aromatic nitrogens is 1. The molecule has 2 aromatic carbocycles. The largest absolute Gasteiger partial charge is 0.493 e. The quantitative estimate of drug-likeness (QED) is 0.581. The predicted octanol–water partition coefficient (Wildman–Crippen LogP) is 2.79. The van der Waals surface area contributed by atoms with E-state index >= 15 is 0 Å². The van der Waals surface area contributed by atoms with E-state index in [-0.39, 0.29) is 5.91 Å². The van der Waals surface area contributed by atoms with Crippen LogP contribution in [0.4, 0.5) is 5.13 Å². The van der Waals surface area contributed by atoms with Gasteiger partial charge in [0.25, 0.3) is 0 Å². The van der Waals surface area contributed by atoms with E-state index in [0.717, 1.165) is 53.6 Å². The van der Waals surface area contributed by atoms with Crippen LogP contribution in [0.2, 0.25) is 0 Å². The molecule has 1 fully saturated rings. The zero-order valence-corrected chi connectivity index (χ0v) is 18.8. The molecule has 1 saturated heterocycles. The van der Waals surface area contributed by atoms with Crippen molar-refractivity contribution in [2.24, 2.45) is 0 Å². The number of methoxy groups -OCH3 is 2. The second-order valence-corrected chi connectivity index (χ2v) is 8.49. The van der Waals surface area contributed by atoms with Gasteiger partial charge in [-0.05, 0) is 17.7 Å². The van der Waals surface area contributed by atoms with Crippen LogP contribution in [-0.4, -0.2) is 69.3 Å². The predicted molar refractivity (Wildman–Crippen MR) is 125 cm³/mol. The van der Waals surface area contributed by atoms with Crippen molar-refractivity contribution in [3.63, 3.8) is 0 Å². The summed E-state index contributed by atoms with van der Waals surface area (Å²) in [5, 5.41) is 4.04. The van der Waals surface area contributed by atoms with Crippen molar-refractivity contribution in [2.45, 2.75) is 6.42 Å². The Morgan fingerprint density at radius 1 is 1.06 bits per heavy atom. The molecule has 8 heteroatoms. The summed E-state index contributed by atoms with van der Waals surface area (Å²) in [6, 6.07) is 13.8. The SMILES string of the molecule is COc1ccc2sc(N3CCN(CCNC(=O)Cc4ccccc4)CC3)nc2c1OC. The van der Waals surface area contributed by atoms with Crippen LogP contribution < -0.4 is 19.7 Å². The van der Waals surface area contributed by atoms with Crippen LogP contribution in [0.5, 0.6) is 11.5 Å². The number of piperazine rings is 1. The first-order chi connectivity index (χ1) is 15.2. The topological polar surface area (TPSA) is 66.9 Å². The number of hydrogen-bond acceptors (Lipinski definition) is 7. The van der Waals surface area contributed by atoms with Gasteiger partial charge in [-0.2, -0.15) is 0 Å². The fourth-order valence-corrected chi connectivity index (χ4v) is 4.81. The Morgan fingerprint density at radius 3 is 2.55 bits per heavy atom. The summed E-state index contributed by atoms with van der Waals surface area (Å²) in [5.74, 6) is 1.46. The average Bonchev–Trinajstić information content (AvgIpc) is 3.24. The second kappa shape index (κ2) is 9.98. The van der Waals surface area contributed by atoms with Crippen molar-refractivity contribution in [2.75, 3.05) is 58.4 Å². The fourth-order valence-electron chi connectivity index (χ4n) is 3.79. The van der Waals surface area contributed by atoms with Gasteiger partial charge in [-0.1, -0.05) is 41.7 Å². The molecule has 4 rings (SSSR count). The van der Waals surface area contributed by atoms with Crippen molar-refractivity contribution < 1.29 is 14.3 Å². The normalized spacial score (nSPS) is 14.6. The molecule has 0 aliphatic carbocycles. The fraction of sp³-hybridized carbons (Fsp3) is 0.391. The van der Waals surface area contributed by atoms with Gasteiger partial charge < -0.3 is 19.7 Å². The summed E-state index contributed by atoms with van der Waals surface area (Å²) in [7, 11) is 3.29. The monoisotopic (exact) mass is 440 g/mol. The Bertz CT molecular complexity index is 1020. The zero-order valence-electron chi connectivity index (χ0n) is 18.0. The molecule has 0 spiro atoms. The summed E-state index contributed by atoms with van der Waals surface area (Å²) < 4.78 is 12.0. The Labute approximate surface area is 186 Å². The van der Waals surface area contributed by atoms with E-state index in [1.165, 1.54) is 0 Å². The number of carbonyl (C=O) groups is 1. The highest BCUT2D eigenvalue weighted by molar-refractivity contribution is 7.22. The molecule has 1 aliphatic heterocycles. The Kier molecular flexibility index (Phi) is 6.89. The van der Waals surface area contributed by atoms with E-state index in [2.05, 4.69) is 15.1 Å². The highest BCUT2D eigenvalue weighted by Gasteiger charge is 2.21. The molecule has 1 N–H and O–H groups in total. The van der Waals surface area contributed by atoms with Gasteiger partial charge >= 0.3 is 0 Å². The number of hydrogen-bond donors (Lipinski definition) is 1. The first-order valence-corrected chi connectivity index (χ1v) is 11.3. The number of amides is 1. The van der Waals surface area contributed by atoms with Gasteiger partial charge in [-0.3, -0.25) is 9.69 Å². The van der Waals surface area contributed by atoms with Crippen molar-refractivity contribution in [1.82, 2.24) is 15.2 Å². The summed E-state index contributed by atoms with van der Waals surface area (Å²) >= 11 is 1.68. The third kappa shape index (κ3) is 5.08. The molecule has 0 unspecified atom stereocenters. The van der Waals surface area contributed by atoms with Gasteiger partial charge in [0.1, 0.15) is 5.52 Å². The lowest BCUT2D eigenvalue weighted by molar-refractivity contribution is -0.120. The van der Waals surface area contributed by atoms with E-state index in [1.807, 2.05) is 42.5 Å². The third-order valence-corrected chi connectivity index (χ3v) is 6.57. The van der Waals surface area contributed by atoms with E-state index in [1.54, 1.807) is 25.6 Å². The molecular formula is C23H28N4O3S. The van der Waals surface area contributed by atoms with E-state index in [4.69, 9.17) is 14.5 Å². The van der Waals surface area contributed by atoms with Gasteiger partial charge in [0.2, 0.25) is 5.91 Å². The van der Waals surface area contributed by atoms with E-state index < -0.39 is 0 Å². The number of thiazole rings is 1. The minimum absolute atomic E-state index is 0.0729. The molecule has 0 saturated carbocycles. The Balaban J connectivity index is 1.26. The molecular weight excluding hydrogens is 412 g/mol. The van der Waals surface area contributed by atoms with Crippen molar-refractivity contribution in [3.8, 4) is 11.5 Å². The van der Waals surface area contributed by atoms with E-state index in [0.29, 0.717) is 24.5 Å². The van der Waals surface area contributed by atoms with Crippen LogP contribution >= 0.6 is 11.3 Å². The number of carbonyl (C=O) groups excluding carboxylic acids is 1. The Morgan fingerprint density at radius 2 is 1.84 bits per heavy atom. The molecule has 1 aromatic heterocycles. The molecule has 0 radical (unpaired) electrons. The van der Waals surface area contributed by atoms with Crippen molar-refractivity contribution in [1.29, 1.82) is 0 Å². The number of fused-ring (bicyclic) bond motifs is 1. The number of nitrogens with one attached hydrogen (secondary N) is 1. The lowest BCUT2D eigenvalue weighted by atomic mass is 10.1. The molecule has 3 aromatic rings. The van der Waals surface area contributed by atoms with Gasteiger partial charge in [-0.25, -0.2) is 4.98 Å². The van der Waals surface area contributed by atoms with Gasteiger partial charge in [0, 0.05) is 39.3 Å². The lowest BCUT2D eigenvalue weighted by Gasteiger charge is -2.34. The number of ether oxygens (including phenoxy) is 2. The smallest absolute Gasteiger partial charge is 0.224 e. The highest BCUT2D eigenvalue weighted by Crippen LogP contribution is 2.39. The zero-order chi connectivity index (χ0) is 21.6. The van der Waals surface area contributed by atoms with Gasteiger partial charge in [0.15, 0.2) is 16.6 Å². The van der Waals surface area contributed by atoms with Crippen LogP contribution in [0.15, 0.2) is 42.5 Å². The van der Waals surface area contributed by atoms with Gasteiger partial charge in [0.05, 0.1) is 25.3 Å². The van der Waals surface area contributed by atoms with Crippen LogP contribution in [0, 0.1) is 0 Å². The minimum atomic E-state index is 0.0729. The standard InChI is InChI=1S/C23H28N4O3S/c1-29-18-8-9-19-21(22(18)30-2)25-23(31-19)27-14-12-26(13-15-27)11-10-24-20(28)16-17-6-4-3-5-7-17/h3-9H,10-16H2,1-2H3,(H,24,28). The average molecular weight is 441 g/mol. The number of benzene rings is 2. The number of nitrogens with zero attached hydrogens (tertiary/aromatic N) is 3. The highest BCUT2D eigenvalue weighted by atomic mass is 32.1. The molecule has 2 heterocycles. The maximum absolute atomic E-state index is 12.1. The van der Waals surface area contributed by atoms with Crippen LogP contribution in [0.1, 0.15) is 5.56 Å². The van der Waals surface area contributed by atoms with Crippen LogP contribution in [0.25, 0.3) is 10.2 Å². The summed E-state index contributed by atoms with van der Waals surface area (Å²) in [6.07, 6.45) is 0.431. The van der Waals surface area contributed by atoms with Crippen LogP contribution in [-0.2, 0) is 11.2 Å². The summed E-state index contributed by atoms with van der Waals surface area (Å²) in [6.45, 7) is 5.26. The number of anilines is 1. The van der Waals surface area contributed by atoms with Crippen molar-refractivity contribution in [3.05, 3.63) is 48.0 Å². The maximum Gasteiger partial charge on any atom is 0.224 e. The van der Waals surface area contributed by atoms with Gasteiger partial charge in [-0.15, -0.1) is 0 Å². The van der Waals surface area contributed by atoms with E-state index in [9.17, 15) is 4.79 Å². The van der Waals surface area contributed by atoms with Crippen molar-refractivity contribution >= 4 is 32.6 Å². The van der Waals surface area contributed by atoms with Crippen LogP contribution in [0.3, 0.4) is 0 Å². The third-order valence-electron chi connectivity index (χ3n) is 5.49. The molecule has 31 heavy (non-hydrogen) atoms. The molecule has 0 bridgehead atoms. The molecule has 0 atom stereocenters. The molecule has 1 amide bonds. The molecule has 1 aliphatic rings. The molecule has 164 valence electrons. The number of rotatable bonds is 8. The first-order valence-electron chi connectivity index (χ1n) is 10.5. The molecule has 7 nitrogen and oxygen atoms in total. The summed E-state index contributed by atoms with van der Waals surface area (Å²) in [4.78, 5) is 21.6. The first kappa shape index (κ1) is 21.4. The Hall–Kier alpha value is -2.84. The minimum Gasteiger partial charge on any atom is -0.493 e.